The standard InChI is InChI=1S/C20H21FN2O3/c1-2-3-4-5-6-11-25-17-9-10-19(23-14-17)20(24)26-16-8-7-15(13-22)18(21)12-16/h7-10,12,14H,2-6,11H2,1H3. The fraction of sp³-hybridized carbons (Fsp3) is 0.350. The predicted octanol–water partition coefficient (Wildman–Crippen LogP) is 4.66. The van der Waals surface area contributed by atoms with Gasteiger partial charge >= 0.3 is 5.97 Å². The highest BCUT2D eigenvalue weighted by Gasteiger charge is 2.12. The number of esters is 1. The number of halogens is 1. The number of rotatable bonds is 9. The van der Waals surface area contributed by atoms with Gasteiger partial charge in [-0.05, 0) is 30.7 Å². The summed E-state index contributed by atoms with van der Waals surface area (Å²) in [7, 11) is 0. The molecule has 0 N–H and O–H groups in total. The first-order chi connectivity index (χ1) is 12.6. The van der Waals surface area contributed by atoms with Crippen molar-refractivity contribution >= 4 is 5.97 Å². The monoisotopic (exact) mass is 356 g/mol. The molecular weight excluding hydrogens is 335 g/mol. The molecule has 0 saturated heterocycles. The van der Waals surface area contributed by atoms with E-state index in [0.717, 1.165) is 18.9 Å². The molecule has 6 heteroatoms. The van der Waals surface area contributed by atoms with E-state index < -0.39 is 11.8 Å². The maximum absolute atomic E-state index is 13.5. The van der Waals surface area contributed by atoms with Crippen LogP contribution in [0.1, 0.15) is 55.1 Å². The molecule has 1 heterocycles. The van der Waals surface area contributed by atoms with Crippen molar-refractivity contribution in [2.75, 3.05) is 6.61 Å². The summed E-state index contributed by atoms with van der Waals surface area (Å²) in [6.45, 7) is 2.78. The zero-order valence-electron chi connectivity index (χ0n) is 14.7. The first kappa shape index (κ1) is 19.4. The highest BCUT2D eigenvalue weighted by atomic mass is 19.1. The van der Waals surface area contributed by atoms with E-state index in [4.69, 9.17) is 14.7 Å². The van der Waals surface area contributed by atoms with Crippen LogP contribution in [-0.2, 0) is 0 Å². The molecule has 5 nitrogen and oxygen atoms in total. The number of aromatic nitrogens is 1. The summed E-state index contributed by atoms with van der Waals surface area (Å²) in [6.07, 6.45) is 7.22. The van der Waals surface area contributed by atoms with Crippen molar-refractivity contribution in [2.24, 2.45) is 0 Å². The third-order valence-corrected chi connectivity index (χ3v) is 3.73. The summed E-state index contributed by atoms with van der Waals surface area (Å²) in [6, 6.07) is 8.45. The number of carbonyl (C=O) groups excluding carboxylic acids is 1. The number of ether oxygens (including phenoxy) is 2. The summed E-state index contributed by atoms with van der Waals surface area (Å²) >= 11 is 0. The Balaban J connectivity index is 1.84. The fourth-order valence-corrected chi connectivity index (χ4v) is 2.29. The third kappa shape index (κ3) is 5.85. The van der Waals surface area contributed by atoms with Crippen molar-refractivity contribution in [1.29, 1.82) is 5.26 Å². The van der Waals surface area contributed by atoms with Gasteiger partial charge in [-0.15, -0.1) is 0 Å². The van der Waals surface area contributed by atoms with Crippen LogP contribution in [0.5, 0.6) is 11.5 Å². The van der Waals surface area contributed by atoms with Gasteiger partial charge in [-0.3, -0.25) is 0 Å². The summed E-state index contributed by atoms with van der Waals surface area (Å²) in [5.74, 6) is -0.851. The summed E-state index contributed by atoms with van der Waals surface area (Å²) in [4.78, 5) is 16.1. The molecule has 136 valence electrons. The van der Waals surface area contributed by atoms with Crippen LogP contribution >= 0.6 is 0 Å². The molecule has 0 unspecified atom stereocenters. The summed E-state index contributed by atoms with van der Waals surface area (Å²) in [5.41, 5.74) is -0.0239. The first-order valence-electron chi connectivity index (χ1n) is 8.64. The molecule has 0 saturated carbocycles. The lowest BCUT2D eigenvalue weighted by Gasteiger charge is -2.07. The van der Waals surface area contributed by atoms with E-state index in [1.165, 1.54) is 43.7 Å². The maximum Gasteiger partial charge on any atom is 0.362 e. The average Bonchev–Trinajstić information content (AvgIpc) is 2.65. The number of carbonyl (C=O) groups is 1. The average molecular weight is 356 g/mol. The van der Waals surface area contributed by atoms with Gasteiger partial charge in [0, 0.05) is 6.07 Å². The van der Waals surface area contributed by atoms with Crippen molar-refractivity contribution < 1.29 is 18.7 Å². The van der Waals surface area contributed by atoms with Gasteiger partial charge in [-0.25, -0.2) is 14.2 Å². The van der Waals surface area contributed by atoms with Crippen LogP contribution in [0.2, 0.25) is 0 Å². The lowest BCUT2D eigenvalue weighted by atomic mass is 10.2. The van der Waals surface area contributed by atoms with Gasteiger partial charge in [0.05, 0.1) is 18.4 Å². The molecule has 0 amide bonds. The Morgan fingerprint density at radius 1 is 1.15 bits per heavy atom. The molecule has 0 radical (unpaired) electrons. The van der Waals surface area contributed by atoms with E-state index in [1.54, 1.807) is 12.1 Å². The maximum atomic E-state index is 13.5. The van der Waals surface area contributed by atoms with Gasteiger partial charge in [0.15, 0.2) is 0 Å². The van der Waals surface area contributed by atoms with Gasteiger partial charge in [-0.1, -0.05) is 32.6 Å². The summed E-state index contributed by atoms with van der Waals surface area (Å²) in [5, 5.41) is 8.69. The highest BCUT2D eigenvalue weighted by molar-refractivity contribution is 5.89. The first-order valence-corrected chi connectivity index (χ1v) is 8.64. The minimum Gasteiger partial charge on any atom is -0.492 e. The zero-order chi connectivity index (χ0) is 18.8. The Morgan fingerprint density at radius 2 is 1.92 bits per heavy atom. The normalized spacial score (nSPS) is 10.2. The Morgan fingerprint density at radius 3 is 2.58 bits per heavy atom. The number of hydrogen-bond acceptors (Lipinski definition) is 5. The van der Waals surface area contributed by atoms with Gasteiger partial charge in [0.1, 0.15) is 29.1 Å². The van der Waals surface area contributed by atoms with E-state index in [0.29, 0.717) is 12.4 Å². The van der Waals surface area contributed by atoms with Crippen molar-refractivity contribution in [3.63, 3.8) is 0 Å². The molecule has 26 heavy (non-hydrogen) atoms. The fourth-order valence-electron chi connectivity index (χ4n) is 2.29. The number of unbranched alkanes of at least 4 members (excludes halogenated alkanes) is 4. The van der Waals surface area contributed by atoms with Crippen molar-refractivity contribution in [2.45, 2.75) is 39.0 Å². The molecule has 0 aliphatic rings. The minimum absolute atomic E-state index is 0.0145. The topological polar surface area (TPSA) is 72.2 Å². The Bertz CT molecular complexity index is 770. The van der Waals surface area contributed by atoms with Crippen molar-refractivity contribution in [3.05, 3.63) is 53.6 Å². The highest BCUT2D eigenvalue weighted by Crippen LogP contribution is 2.18. The van der Waals surface area contributed by atoms with Gasteiger partial charge in [0.2, 0.25) is 0 Å². The Kier molecular flexibility index (Phi) is 7.56. The Hall–Kier alpha value is -2.94. The SMILES string of the molecule is CCCCCCCOc1ccc(C(=O)Oc2ccc(C#N)c(F)c2)nc1. The van der Waals surface area contributed by atoms with Crippen LogP contribution in [0.4, 0.5) is 4.39 Å². The molecule has 0 spiro atoms. The second-order valence-electron chi connectivity index (χ2n) is 5.78. The van der Waals surface area contributed by atoms with Crippen LogP contribution in [0.3, 0.4) is 0 Å². The predicted molar refractivity (Wildman–Crippen MR) is 94.6 cm³/mol. The second kappa shape index (κ2) is 10.1. The Labute approximate surface area is 152 Å². The summed E-state index contributed by atoms with van der Waals surface area (Å²) < 4.78 is 24.2. The van der Waals surface area contributed by atoms with Gasteiger partial charge < -0.3 is 9.47 Å². The van der Waals surface area contributed by atoms with Crippen molar-refractivity contribution in [3.8, 4) is 17.6 Å². The zero-order valence-corrected chi connectivity index (χ0v) is 14.7. The lowest BCUT2D eigenvalue weighted by molar-refractivity contribution is 0.0728. The molecule has 0 aliphatic carbocycles. The second-order valence-corrected chi connectivity index (χ2v) is 5.78. The van der Waals surface area contributed by atoms with E-state index in [1.807, 2.05) is 0 Å². The number of hydrogen-bond donors (Lipinski definition) is 0. The number of benzene rings is 1. The van der Waals surface area contributed by atoms with Crippen molar-refractivity contribution in [1.82, 2.24) is 4.98 Å². The molecular formula is C20H21FN2O3. The molecule has 1 aromatic carbocycles. The smallest absolute Gasteiger partial charge is 0.362 e. The minimum atomic E-state index is -0.742. The molecule has 0 fully saturated rings. The van der Waals surface area contributed by atoms with Crippen LogP contribution < -0.4 is 9.47 Å². The molecule has 1 aromatic heterocycles. The van der Waals surface area contributed by atoms with Crippen LogP contribution in [-0.4, -0.2) is 17.6 Å². The van der Waals surface area contributed by atoms with Crippen LogP contribution in [0.15, 0.2) is 36.5 Å². The van der Waals surface area contributed by atoms with Crippen LogP contribution in [0, 0.1) is 17.1 Å². The van der Waals surface area contributed by atoms with E-state index >= 15 is 0 Å². The molecule has 0 atom stereocenters. The van der Waals surface area contributed by atoms with E-state index in [2.05, 4.69) is 11.9 Å². The quantitative estimate of drug-likeness (QED) is 0.371. The van der Waals surface area contributed by atoms with Gasteiger partial charge in [-0.2, -0.15) is 5.26 Å². The number of pyridine rings is 1. The largest absolute Gasteiger partial charge is 0.492 e. The number of nitriles is 1. The van der Waals surface area contributed by atoms with E-state index in [9.17, 15) is 9.18 Å². The molecule has 0 aliphatic heterocycles. The van der Waals surface area contributed by atoms with Gasteiger partial charge in [0.25, 0.3) is 0 Å². The molecule has 2 aromatic rings. The lowest BCUT2D eigenvalue weighted by Crippen LogP contribution is -2.11. The van der Waals surface area contributed by atoms with Crippen LogP contribution in [0.25, 0.3) is 0 Å². The molecule has 2 rings (SSSR count). The third-order valence-electron chi connectivity index (χ3n) is 3.73. The molecule has 0 bridgehead atoms. The van der Waals surface area contributed by atoms with E-state index in [-0.39, 0.29) is 17.0 Å². The number of nitrogens with zero attached hydrogens (tertiary/aromatic N) is 2.